The highest BCUT2D eigenvalue weighted by molar-refractivity contribution is 7.19. The molecule has 2 aromatic heterocycles. The van der Waals surface area contributed by atoms with E-state index in [1.54, 1.807) is 55.6 Å². The maximum Gasteiger partial charge on any atom is 0.341 e. The molecule has 0 fully saturated rings. The number of rotatable bonds is 6. The molecular weight excluding hydrogens is 432 g/mol. The first-order valence-corrected chi connectivity index (χ1v) is 10.7. The molecule has 2 heterocycles. The van der Waals surface area contributed by atoms with Crippen molar-refractivity contribution in [1.82, 2.24) is 0 Å². The lowest BCUT2D eigenvalue weighted by Gasteiger charge is -2.06. The Morgan fingerprint density at radius 2 is 1.90 bits per heavy atom. The molecule has 6 nitrogen and oxygen atoms in total. The fraction of sp³-hybridized carbons (Fsp3) is 0.150. The van der Waals surface area contributed by atoms with E-state index >= 15 is 0 Å². The van der Waals surface area contributed by atoms with Crippen molar-refractivity contribution in [2.75, 3.05) is 17.2 Å². The van der Waals surface area contributed by atoms with E-state index in [1.807, 2.05) is 0 Å². The summed E-state index contributed by atoms with van der Waals surface area (Å²) in [6, 6.07) is 10.2. The quantitative estimate of drug-likeness (QED) is 0.491. The van der Waals surface area contributed by atoms with Crippen molar-refractivity contribution >= 4 is 62.7 Å². The summed E-state index contributed by atoms with van der Waals surface area (Å²) < 4.78 is 5.12. The number of thiophene rings is 2. The zero-order valence-electron chi connectivity index (χ0n) is 15.6. The maximum absolute atomic E-state index is 12.8. The Bertz CT molecular complexity index is 1060. The van der Waals surface area contributed by atoms with Crippen molar-refractivity contribution in [1.29, 1.82) is 0 Å². The maximum atomic E-state index is 12.8. The van der Waals surface area contributed by atoms with Crippen LogP contribution in [0, 0.1) is 6.92 Å². The number of nitrogens with one attached hydrogen (secondary N) is 2. The molecule has 0 bridgehead atoms. The van der Waals surface area contributed by atoms with Crippen LogP contribution in [0.15, 0.2) is 41.8 Å². The topological polar surface area (TPSA) is 84.5 Å². The molecule has 3 rings (SSSR count). The van der Waals surface area contributed by atoms with Gasteiger partial charge in [0.05, 0.1) is 21.9 Å². The van der Waals surface area contributed by atoms with E-state index in [4.69, 9.17) is 16.3 Å². The first kappa shape index (κ1) is 21.0. The Morgan fingerprint density at radius 3 is 2.55 bits per heavy atom. The number of anilines is 2. The van der Waals surface area contributed by atoms with Gasteiger partial charge in [0.15, 0.2) is 0 Å². The van der Waals surface area contributed by atoms with Crippen LogP contribution in [0.5, 0.6) is 0 Å². The van der Waals surface area contributed by atoms with Crippen LogP contribution in [0.2, 0.25) is 5.02 Å². The summed E-state index contributed by atoms with van der Waals surface area (Å²) in [5.41, 5.74) is 1.14. The molecule has 0 spiro atoms. The number of carbonyl (C=O) groups is 3. The monoisotopic (exact) mass is 448 g/mol. The Morgan fingerprint density at radius 1 is 1.10 bits per heavy atom. The predicted molar refractivity (Wildman–Crippen MR) is 117 cm³/mol. The van der Waals surface area contributed by atoms with Crippen LogP contribution in [0.4, 0.5) is 10.7 Å². The van der Waals surface area contributed by atoms with E-state index in [2.05, 4.69) is 10.6 Å². The smallest absolute Gasteiger partial charge is 0.341 e. The molecule has 9 heteroatoms. The second-order valence-electron chi connectivity index (χ2n) is 5.88. The Kier molecular flexibility index (Phi) is 6.68. The van der Waals surface area contributed by atoms with Crippen molar-refractivity contribution in [3.05, 3.63) is 67.7 Å². The van der Waals surface area contributed by atoms with Gasteiger partial charge in [-0.2, -0.15) is 0 Å². The molecule has 0 aliphatic rings. The summed E-state index contributed by atoms with van der Waals surface area (Å²) in [4.78, 5) is 38.5. The van der Waals surface area contributed by atoms with E-state index in [0.29, 0.717) is 26.0 Å². The van der Waals surface area contributed by atoms with Gasteiger partial charge in [-0.3, -0.25) is 9.59 Å². The number of hydrogen-bond acceptors (Lipinski definition) is 6. The van der Waals surface area contributed by atoms with Crippen molar-refractivity contribution in [2.24, 2.45) is 0 Å². The van der Waals surface area contributed by atoms with Gasteiger partial charge in [0.1, 0.15) is 5.00 Å². The molecule has 3 aromatic rings. The van der Waals surface area contributed by atoms with E-state index in [1.165, 1.54) is 11.3 Å². The molecule has 0 saturated carbocycles. The summed E-state index contributed by atoms with van der Waals surface area (Å²) in [6.45, 7) is 3.52. The zero-order chi connectivity index (χ0) is 21.0. The van der Waals surface area contributed by atoms with Gasteiger partial charge in [-0.25, -0.2) is 4.79 Å². The molecule has 29 heavy (non-hydrogen) atoms. The average Bonchev–Trinajstić information content (AvgIpc) is 3.30. The normalized spacial score (nSPS) is 10.4. The Hall–Kier alpha value is -2.68. The number of amides is 2. The minimum Gasteiger partial charge on any atom is -0.462 e. The molecule has 0 saturated heterocycles. The van der Waals surface area contributed by atoms with E-state index < -0.39 is 11.9 Å². The third kappa shape index (κ3) is 4.84. The number of ether oxygens (including phenoxy) is 1. The summed E-state index contributed by atoms with van der Waals surface area (Å²) in [5.74, 6) is -1.35. The summed E-state index contributed by atoms with van der Waals surface area (Å²) in [5, 5.41) is 8.03. The van der Waals surface area contributed by atoms with Gasteiger partial charge in [-0.05, 0) is 49.1 Å². The van der Waals surface area contributed by atoms with Gasteiger partial charge in [0.2, 0.25) is 0 Å². The highest BCUT2D eigenvalue weighted by atomic mass is 35.5. The molecule has 0 radical (unpaired) electrons. The van der Waals surface area contributed by atoms with Crippen LogP contribution in [0.25, 0.3) is 0 Å². The van der Waals surface area contributed by atoms with Crippen LogP contribution in [0.1, 0.15) is 42.2 Å². The molecule has 2 N–H and O–H groups in total. The van der Waals surface area contributed by atoms with Crippen LogP contribution in [-0.2, 0) is 4.74 Å². The van der Waals surface area contributed by atoms with Gasteiger partial charge in [0, 0.05) is 10.7 Å². The Balaban J connectivity index is 1.94. The molecule has 1 aromatic carbocycles. The van der Waals surface area contributed by atoms with E-state index in [9.17, 15) is 14.4 Å². The van der Waals surface area contributed by atoms with Crippen LogP contribution < -0.4 is 10.6 Å². The second kappa shape index (κ2) is 9.21. The summed E-state index contributed by atoms with van der Waals surface area (Å²) in [6.07, 6.45) is 0. The molecule has 150 valence electrons. The predicted octanol–water partition coefficient (Wildman–Crippen LogP) is 5.45. The highest BCUT2D eigenvalue weighted by Gasteiger charge is 2.27. The largest absolute Gasteiger partial charge is 0.462 e. The Labute approximate surface area is 180 Å². The number of esters is 1. The fourth-order valence-electron chi connectivity index (χ4n) is 2.59. The SMILES string of the molecule is CCOC(=O)c1c(NC(=O)c2cccs2)sc(C(=O)Nc2cccc(Cl)c2)c1C. The van der Waals surface area contributed by atoms with Crippen molar-refractivity contribution in [3.8, 4) is 0 Å². The second-order valence-corrected chi connectivity index (χ2v) is 8.28. The molecule has 0 unspecified atom stereocenters. The van der Waals surface area contributed by atoms with Crippen molar-refractivity contribution in [3.63, 3.8) is 0 Å². The van der Waals surface area contributed by atoms with Crippen LogP contribution in [-0.4, -0.2) is 24.4 Å². The number of halogens is 1. The van der Waals surface area contributed by atoms with Crippen molar-refractivity contribution in [2.45, 2.75) is 13.8 Å². The highest BCUT2D eigenvalue weighted by Crippen LogP contribution is 2.35. The van der Waals surface area contributed by atoms with E-state index in [-0.39, 0.29) is 23.1 Å². The third-order valence-corrected chi connectivity index (χ3v) is 6.20. The number of hydrogen-bond donors (Lipinski definition) is 2. The van der Waals surface area contributed by atoms with Crippen LogP contribution >= 0.6 is 34.3 Å². The molecule has 0 aliphatic heterocycles. The third-order valence-electron chi connectivity index (χ3n) is 3.89. The molecule has 0 aliphatic carbocycles. The molecule has 2 amide bonds. The summed E-state index contributed by atoms with van der Waals surface area (Å²) >= 11 is 8.27. The van der Waals surface area contributed by atoms with Gasteiger partial charge in [-0.15, -0.1) is 22.7 Å². The van der Waals surface area contributed by atoms with Gasteiger partial charge in [-0.1, -0.05) is 23.7 Å². The van der Waals surface area contributed by atoms with Crippen LogP contribution in [0.3, 0.4) is 0 Å². The van der Waals surface area contributed by atoms with Gasteiger partial charge in [0.25, 0.3) is 11.8 Å². The van der Waals surface area contributed by atoms with E-state index in [0.717, 1.165) is 11.3 Å². The fourth-order valence-corrected chi connectivity index (χ4v) is 4.49. The van der Waals surface area contributed by atoms with Gasteiger partial charge < -0.3 is 15.4 Å². The standard InChI is InChI=1S/C20H17ClN2O4S2/c1-3-27-20(26)15-11(2)16(18(25)22-13-7-4-6-12(21)10-13)29-19(15)23-17(24)14-8-5-9-28-14/h4-10H,3H2,1-2H3,(H,22,25)(H,23,24). The number of carbonyl (C=O) groups excluding carboxylic acids is 3. The lowest BCUT2D eigenvalue weighted by molar-refractivity contribution is 0.0527. The minimum absolute atomic E-state index is 0.177. The molecule has 0 atom stereocenters. The number of benzene rings is 1. The lowest BCUT2D eigenvalue weighted by Crippen LogP contribution is -2.14. The van der Waals surface area contributed by atoms with Crippen molar-refractivity contribution < 1.29 is 19.1 Å². The lowest BCUT2D eigenvalue weighted by atomic mass is 10.1. The molecular formula is C20H17ClN2O4S2. The first-order valence-electron chi connectivity index (χ1n) is 8.63. The minimum atomic E-state index is -0.593. The summed E-state index contributed by atoms with van der Waals surface area (Å²) in [7, 11) is 0. The van der Waals surface area contributed by atoms with Gasteiger partial charge >= 0.3 is 5.97 Å². The average molecular weight is 449 g/mol. The zero-order valence-corrected chi connectivity index (χ0v) is 18.0. The first-order chi connectivity index (χ1) is 13.9.